The Morgan fingerprint density at radius 2 is 1.67 bits per heavy atom. The summed E-state index contributed by atoms with van der Waals surface area (Å²) >= 11 is 2.12. The number of hydrogen-bond donors (Lipinski definition) is 0. The number of hydrogen-bond acceptors (Lipinski definition) is 5. The van der Waals surface area contributed by atoms with E-state index < -0.39 is 0 Å². The average Bonchev–Trinajstić information content (AvgIpc) is 2.49. The molecule has 0 aromatic carbocycles. The van der Waals surface area contributed by atoms with E-state index in [1.165, 1.54) is 50.4 Å². The molecule has 5 heteroatoms. The average molecular weight is 271 g/mol. The van der Waals surface area contributed by atoms with Crippen molar-refractivity contribution in [3.8, 4) is 0 Å². The molecule has 18 heavy (non-hydrogen) atoms. The highest BCUT2D eigenvalue weighted by Crippen LogP contribution is 2.24. The molecule has 3 aliphatic heterocycles. The summed E-state index contributed by atoms with van der Waals surface area (Å²) in [5.74, 6) is 2.55. The molecule has 0 aromatic rings. The third-order valence-corrected chi connectivity index (χ3v) is 5.24. The summed E-state index contributed by atoms with van der Waals surface area (Å²) in [6.45, 7) is 7.76. The van der Waals surface area contributed by atoms with Crippen LogP contribution in [0.1, 0.15) is 19.3 Å². The second kappa shape index (κ2) is 6.57. The van der Waals surface area contributed by atoms with Gasteiger partial charge in [0.05, 0.1) is 19.4 Å². The van der Waals surface area contributed by atoms with Crippen molar-refractivity contribution in [1.29, 1.82) is 0 Å². The summed E-state index contributed by atoms with van der Waals surface area (Å²) in [5, 5.41) is 5.19. The van der Waals surface area contributed by atoms with Gasteiger partial charge in [-0.1, -0.05) is 6.42 Å². The van der Waals surface area contributed by atoms with Crippen molar-refractivity contribution in [3.63, 3.8) is 0 Å². The zero-order valence-electron chi connectivity index (χ0n) is 11.2. The molecule has 0 aromatic heterocycles. The summed E-state index contributed by atoms with van der Waals surface area (Å²) in [6.07, 6.45) is 4.84. The minimum Gasteiger partial charge on any atom is -0.379 e. The number of ether oxygens (including phenoxy) is 1. The maximum atomic E-state index is 5.48. The van der Waals surface area contributed by atoms with Gasteiger partial charge in [-0.25, -0.2) is 10.0 Å². The van der Waals surface area contributed by atoms with Crippen molar-refractivity contribution in [2.24, 2.45) is 0 Å². The van der Waals surface area contributed by atoms with Crippen LogP contribution in [0.25, 0.3) is 0 Å². The van der Waals surface area contributed by atoms with E-state index >= 15 is 0 Å². The number of piperidine rings is 1. The van der Waals surface area contributed by atoms with Gasteiger partial charge in [0, 0.05) is 31.1 Å². The molecule has 3 fully saturated rings. The minimum atomic E-state index is 0.641. The highest BCUT2D eigenvalue weighted by Gasteiger charge is 2.33. The Morgan fingerprint density at radius 3 is 2.44 bits per heavy atom. The van der Waals surface area contributed by atoms with Gasteiger partial charge >= 0.3 is 0 Å². The zero-order valence-corrected chi connectivity index (χ0v) is 12.0. The van der Waals surface area contributed by atoms with Crippen LogP contribution in [0.15, 0.2) is 0 Å². The fraction of sp³-hybridized carbons (Fsp3) is 1.00. The SMILES string of the molecule is C1CCN(C2CSCCN2N2CCOCC2)CC1. The minimum absolute atomic E-state index is 0.641. The maximum absolute atomic E-state index is 5.48. The van der Waals surface area contributed by atoms with Crippen molar-refractivity contribution in [2.75, 3.05) is 57.4 Å². The Hall–Kier alpha value is 0.190. The first-order chi connectivity index (χ1) is 8.95. The Bertz CT molecular complexity index is 229. The van der Waals surface area contributed by atoms with E-state index in [9.17, 15) is 0 Å². The van der Waals surface area contributed by atoms with E-state index in [2.05, 4.69) is 26.7 Å². The number of hydrazine groups is 1. The number of rotatable bonds is 2. The van der Waals surface area contributed by atoms with Crippen molar-refractivity contribution in [3.05, 3.63) is 0 Å². The van der Waals surface area contributed by atoms with E-state index in [0.29, 0.717) is 6.17 Å². The van der Waals surface area contributed by atoms with Crippen molar-refractivity contribution < 1.29 is 4.74 Å². The summed E-state index contributed by atoms with van der Waals surface area (Å²) < 4.78 is 5.48. The lowest BCUT2D eigenvalue weighted by atomic mass is 10.1. The largest absolute Gasteiger partial charge is 0.379 e. The molecule has 104 valence electrons. The molecular weight excluding hydrogens is 246 g/mol. The summed E-state index contributed by atoms with van der Waals surface area (Å²) in [6, 6.07) is 0. The van der Waals surface area contributed by atoms with Gasteiger partial charge in [-0.15, -0.1) is 0 Å². The molecule has 0 saturated carbocycles. The first-order valence-electron chi connectivity index (χ1n) is 7.36. The molecule has 0 radical (unpaired) electrons. The second-order valence-electron chi connectivity index (χ2n) is 5.38. The zero-order chi connectivity index (χ0) is 12.2. The lowest BCUT2D eigenvalue weighted by Gasteiger charge is -2.49. The normalized spacial score (nSPS) is 33.7. The molecule has 0 spiro atoms. The van der Waals surface area contributed by atoms with Gasteiger partial charge in [-0.2, -0.15) is 11.8 Å². The Kier molecular flexibility index (Phi) is 4.81. The lowest BCUT2D eigenvalue weighted by Crippen LogP contribution is -2.62. The van der Waals surface area contributed by atoms with E-state index in [0.717, 1.165) is 26.3 Å². The van der Waals surface area contributed by atoms with Gasteiger partial charge in [-0.3, -0.25) is 4.90 Å². The molecule has 3 rings (SSSR count). The van der Waals surface area contributed by atoms with Crippen molar-refractivity contribution >= 4 is 11.8 Å². The molecule has 4 nitrogen and oxygen atoms in total. The third kappa shape index (κ3) is 3.02. The van der Waals surface area contributed by atoms with Gasteiger partial charge in [0.25, 0.3) is 0 Å². The molecule has 3 aliphatic rings. The van der Waals surface area contributed by atoms with Crippen LogP contribution in [0.2, 0.25) is 0 Å². The highest BCUT2D eigenvalue weighted by atomic mass is 32.2. The smallest absolute Gasteiger partial charge is 0.0852 e. The van der Waals surface area contributed by atoms with Gasteiger partial charge in [0.15, 0.2) is 0 Å². The number of thioether (sulfide) groups is 1. The molecule has 3 saturated heterocycles. The Labute approximate surface area is 115 Å². The van der Waals surface area contributed by atoms with Crippen LogP contribution in [0, 0.1) is 0 Å². The first kappa shape index (κ1) is 13.2. The van der Waals surface area contributed by atoms with E-state index in [1.54, 1.807) is 0 Å². The van der Waals surface area contributed by atoms with Gasteiger partial charge in [0.1, 0.15) is 0 Å². The van der Waals surface area contributed by atoms with Crippen molar-refractivity contribution in [2.45, 2.75) is 25.4 Å². The summed E-state index contributed by atoms with van der Waals surface area (Å²) in [7, 11) is 0. The monoisotopic (exact) mass is 271 g/mol. The quantitative estimate of drug-likeness (QED) is 0.746. The highest BCUT2D eigenvalue weighted by molar-refractivity contribution is 7.99. The summed E-state index contributed by atoms with van der Waals surface area (Å²) in [4.78, 5) is 2.71. The predicted molar refractivity (Wildman–Crippen MR) is 75.6 cm³/mol. The molecule has 0 amide bonds. The number of likely N-dealkylation sites (tertiary alicyclic amines) is 1. The molecule has 1 atom stereocenters. The first-order valence-corrected chi connectivity index (χ1v) is 8.52. The molecule has 0 aliphatic carbocycles. The van der Waals surface area contributed by atoms with Crippen LogP contribution in [-0.2, 0) is 4.74 Å². The topological polar surface area (TPSA) is 19.0 Å². The van der Waals surface area contributed by atoms with Crippen LogP contribution in [0.3, 0.4) is 0 Å². The van der Waals surface area contributed by atoms with Gasteiger partial charge < -0.3 is 4.74 Å². The van der Waals surface area contributed by atoms with E-state index in [1.807, 2.05) is 0 Å². The van der Waals surface area contributed by atoms with Crippen LogP contribution in [-0.4, -0.2) is 78.5 Å². The van der Waals surface area contributed by atoms with Crippen molar-refractivity contribution in [1.82, 2.24) is 14.9 Å². The Morgan fingerprint density at radius 1 is 0.889 bits per heavy atom. The van der Waals surface area contributed by atoms with Crippen LogP contribution >= 0.6 is 11.8 Å². The third-order valence-electron chi connectivity index (χ3n) is 4.24. The second-order valence-corrected chi connectivity index (χ2v) is 6.53. The van der Waals surface area contributed by atoms with Crippen LogP contribution < -0.4 is 0 Å². The lowest BCUT2D eigenvalue weighted by molar-refractivity contribution is -0.142. The maximum Gasteiger partial charge on any atom is 0.0852 e. The standard InChI is InChI=1S/C13H25N3OS/c1-2-4-14(5-3-1)13-12-18-11-8-16(13)15-6-9-17-10-7-15/h13H,1-12H2. The molecule has 1 unspecified atom stereocenters. The molecule has 3 heterocycles. The fourth-order valence-corrected chi connectivity index (χ4v) is 4.31. The molecular formula is C13H25N3OS. The summed E-state index contributed by atoms with van der Waals surface area (Å²) in [5.41, 5.74) is 0. The molecule has 0 N–H and O–H groups in total. The van der Waals surface area contributed by atoms with E-state index in [-0.39, 0.29) is 0 Å². The number of nitrogens with zero attached hydrogens (tertiary/aromatic N) is 3. The van der Waals surface area contributed by atoms with Gasteiger partial charge in [-0.05, 0) is 25.9 Å². The Balaban J connectivity index is 1.64. The van der Waals surface area contributed by atoms with Crippen LogP contribution in [0.4, 0.5) is 0 Å². The van der Waals surface area contributed by atoms with E-state index in [4.69, 9.17) is 4.74 Å². The number of morpholine rings is 1. The van der Waals surface area contributed by atoms with Gasteiger partial charge in [0.2, 0.25) is 0 Å². The van der Waals surface area contributed by atoms with Crippen LogP contribution in [0.5, 0.6) is 0 Å². The predicted octanol–water partition coefficient (Wildman–Crippen LogP) is 1.09. The fourth-order valence-electron chi connectivity index (χ4n) is 3.23. The molecule has 0 bridgehead atoms.